The molecule has 3 nitrogen and oxygen atoms in total. The molecule has 0 amide bonds. The Morgan fingerprint density at radius 1 is 1.36 bits per heavy atom. The number of aryl methyl sites for hydroxylation is 1. The molecule has 1 rings (SSSR count). The van der Waals surface area contributed by atoms with E-state index in [1.165, 1.54) is 29.3 Å². The first-order chi connectivity index (χ1) is 6.74. The Morgan fingerprint density at radius 2 is 2.00 bits per heavy atom. The Labute approximate surface area is 90.1 Å². The fraction of sp³-hybridized carbons (Fsp3) is 0.800. The van der Waals surface area contributed by atoms with Crippen molar-refractivity contribution in [2.24, 2.45) is 5.92 Å². The van der Waals surface area contributed by atoms with Crippen LogP contribution in [0.15, 0.2) is 0 Å². The first-order valence-corrected chi connectivity index (χ1v) is 5.98. The monoisotopic (exact) mass is 213 g/mol. The topological polar surface area (TPSA) is 37.8 Å². The lowest BCUT2D eigenvalue weighted by molar-refractivity contribution is 0.363. The summed E-state index contributed by atoms with van der Waals surface area (Å²) in [6.45, 7) is 6.51. The summed E-state index contributed by atoms with van der Waals surface area (Å²) in [5, 5.41) is 7.44. The molecule has 0 bridgehead atoms. The predicted molar refractivity (Wildman–Crippen MR) is 60.5 cm³/mol. The van der Waals surface area contributed by atoms with Crippen molar-refractivity contribution >= 4 is 11.5 Å². The average Bonchev–Trinajstić information content (AvgIpc) is 2.61. The van der Waals surface area contributed by atoms with Crippen LogP contribution in [0, 0.1) is 12.8 Å². The number of hydrogen-bond acceptors (Lipinski definition) is 4. The molecular weight excluding hydrogens is 194 g/mol. The third-order valence-electron chi connectivity index (χ3n) is 2.80. The minimum absolute atomic E-state index is 0.421. The van der Waals surface area contributed by atoms with Gasteiger partial charge in [-0.1, -0.05) is 31.2 Å². The highest BCUT2D eigenvalue weighted by atomic mass is 32.1. The van der Waals surface area contributed by atoms with Gasteiger partial charge in [0, 0.05) is 6.04 Å². The largest absolute Gasteiger partial charge is 0.312 e. The number of rotatable bonds is 5. The van der Waals surface area contributed by atoms with E-state index < -0.39 is 0 Å². The molecule has 1 aromatic rings. The van der Waals surface area contributed by atoms with Gasteiger partial charge >= 0.3 is 0 Å². The SMILES string of the molecule is CCC(CC)C(NC)c1snnc1C. The fourth-order valence-corrected chi connectivity index (χ4v) is 2.71. The maximum Gasteiger partial charge on any atom is 0.0772 e. The Hall–Kier alpha value is -0.480. The van der Waals surface area contributed by atoms with Crippen molar-refractivity contribution in [2.75, 3.05) is 7.05 Å². The van der Waals surface area contributed by atoms with E-state index in [1.807, 2.05) is 14.0 Å². The Kier molecular flexibility index (Phi) is 4.48. The van der Waals surface area contributed by atoms with Crippen molar-refractivity contribution in [3.8, 4) is 0 Å². The number of aromatic nitrogens is 2. The summed E-state index contributed by atoms with van der Waals surface area (Å²) < 4.78 is 3.99. The zero-order valence-corrected chi connectivity index (χ0v) is 10.2. The normalized spacial score (nSPS) is 13.5. The third kappa shape index (κ3) is 2.30. The maximum absolute atomic E-state index is 4.06. The van der Waals surface area contributed by atoms with Crippen molar-refractivity contribution in [1.29, 1.82) is 0 Å². The van der Waals surface area contributed by atoms with Crippen LogP contribution in [0.5, 0.6) is 0 Å². The van der Waals surface area contributed by atoms with Gasteiger partial charge in [0.05, 0.1) is 10.6 Å². The molecule has 0 saturated heterocycles. The first kappa shape index (κ1) is 11.6. The van der Waals surface area contributed by atoms with Crippen molar-refractivity contribution in [2.45, 2.75) is 39.7 Å². The number of hydrogen-bond donors (Lipinski definition) is 1. The highest BCUT2D eigenvalue weighted by Crippen LogP contribution is 2.30. The highest BCUT2D eigenvalue weighted by molar-refractivity contribution is 7.05. The number of nitrogens with zero attached hydrogens (tertiary/aromatic N) is 2. The van der Waals surface area contributed by atoms with Crippen LogP contribution in [0.25, 0.3) is 0 Å². The van der Waals surface area contributed by atoms with Gasteiger partial charge < -0.3 is 5.32 Å². The van der Waals surface area contributed by atoms with Crippen molar-refractivity contribution in [1.82, 2.24) is 14.9 Å². The second-order valence-electron chi connectivity index (χ2n) is 3.57. The third-order valence-corrected chi connectivity index (χ3v) is 3.71. The Morgan fingerprint density at radius 3 is 2.36 bits per heavy atom. The second kappa shape index (κ2) is 5.41. The van der Waals surface area contributed by atoms with Gasteiger partial charge in [0.25, 0.3) is 0 Å². The van der Waals surface area contributed by atoms with Gasteiger partial charge in [-0.05, 0) is 31.4 Å². The van der Waals surface area contributed by atoms with Gasteiger partial charge in [-0.15, -0.1) is 5.10 Å². The van der Waals surface area contributed by atoms with Gasteiger partial charge in [0.2, 0.25) is 0 Å². The van der Waals surface area contributed by atoms with Gasteiger partial charge in [0.15, 0.2) is 0 Å². The van der Waals surface area contributed by atoms with Crippen LogP contribution in [-0.4, -0.2) is 16.6 Å². The molecule has 1 N–H and O–H groups in total. The van der Waals surface area contributed by atoms with Gasteiger partial charge in [0.1, 0.15) is 0 Å². The molecule has 0 aromatic carbocycles. The van der Waals surface area contributed by atoms with Crippen LogP contribution >= 0.6 is 11.5 Å². The van der Waals surface area contributed by atoms with Crippen molar-refractivity contribution in [3.05, 3.63) is 10.6 Å². The van der Waals surface area contributed by atoms with Crippen LogP contribution in [0.1, 0.15) is 43.3 Å². The minimum atomic E-state index is 0.421. The highest BCUT2D eigenvalue weighted by Gasteiger charge is 2.22. The molecular formula is C10H19N3S. The summed E-state index contributed by atoms with van der Waals surface area (Å²) in [6.07, 6.45) is 2.39. The van der Waals surface area contributed by atoms with Crippen LogP contribution in [0.2, 0.25) is 0 Å². The summed E-state index contributed by atoms with van der Waals surface area (Å²) in [4.78, 5) is 1.29. The summed E-state index contributed by atoms with van der Waals surface area (Å²) in [6, 6.07) is 0.421. The average molecular weight is 213 g/mol. The molecule has 1 heterocycles. The zero-order valence-electron chi connectivity index (χ0n) is 9.37. The lowest BCUT2D eigenvalue weighted by Gasteiger charge is -2.23. The molecule has 0 saturated carbocycles. The molecule has 0 aliphatic carbocycles. The van der Waals surface area contributed by atoms with E-state index in [0.717, 1.165) is 5.69 Å². The summed E-state index contributed by atoms with van der Waals surface area (Å²) >= 11 is 1.52. The quantitative estimate of drug-likeness (QED) is 0.817. The zero-order chi connectivity index (χ0) is 10.6. The molecule has 0 aliphatic heterocycles. The lowest BCUT2D eigenvalue weighted by Crippen LogP contribution is -2.24. The van der Waals surface area contributed by atoms with E-state index in [2.05, 4.69) is 28.8 Å². The molecule has 14 heavy (non-hydrogen) atoms. The van der Waals surface area contributed by atoms with E-state index in [1.54, 1.807) is 0 Å². The van der Waals surface area contributed by atoms with Gasteiger partial charge in [-0.3, -0.25) is 0 Å². The molecule has 1 aromatic heterocycles. The van der Waals surface area contributed by atoms with Gasteiger partial charge in [-0.25, -0.2) is 0 Å². The maximum atomic E-state index is 4.06. The molecule has 0 fully saturated rings. The molecule has 80 valence electrons. The molecule has 0 radical (unpaired) electrons. The summed E-state index contributed by atoms with van der Waals surface area (Å²) in [5.74, 6) is 0.681. The lowest BCUT2D eigenvalue weighted by atomic mass is 9.92. The molecule has 1 atom stereocenters. The molecule has 0 spiro atoms. The minimum Gasteiger partial charge on any atom is -0.312 e. The smallest absolute Gasteiger partial charge is 0.0772 e. The van der Waals surface area contributed by atoms with Crippen LogP contribution in [0.3, 0.4) is 0 Å². The van der Waals surface area contributed by atoms with E-state index in [9.17, 15) is 0 Å². The van der Waals surface area contributed by atoms with Crippen LogP contribution < -0.4 is 5.32 Å². The van der Waals surface area contributed by atoms with Crippen LogP contribution in [-0.2, 0) is 0 Å². The number of nitrogens with one attached hydrogen (secondary N) is 1. The Bertz CT molecular complexity index is 268. The fourth-order valence-electron chi connectivity index (χ4n) is 1.86. The first-order valence-electron chi connectivity index (χ1n) is 5.20. The van der Waals surface area contributed by atoms with E-state index in [-0.39, 0.29) is 0 Å². The molecule has 4 heteroatoms. The van der Waals surface area contributed by atoms with Crippen LogP contribution in [0.4, 0.5) is 0 Å². The molecule has 0 aliphatic rings. The van der Waals surface area contributed by atoms with Gasteiger partial charge in [-0.2, -0.15) is 0 Å². The Balaban J connectivity index is 2.86. The second-order valence-corrected chi connectivity index (χ2v) is 4.35. The van der Waals surface area contributed by atoms with E-state index >= 15 is 0 Å². The van der Waals surface area contributed by atoms with Crippen molar-refractivity contribution in [3.63, 3.8) is 0 Å². The standard InChI is InChI=1S/C10H19N3S/c1-5-8(6-2)9(11-4)10-7(3)12-13-14-10/h8-9,11H,5-6H2,1-4H3. The summed E-state index contributed by atoms with van der Waals surface area (Å²) in [7, 11) is 2.02. The predicted octanol–water partition coefficient (Wildman–Crippen LogP) is 2.54. The van der Waals surface area contributed by atoms with E-state index in [4.69, 9.17) is 0 Å². The van der Waals surface area contributed by atoms with E-state index in [0.29, 0.717) is 12.0 Å². The molecule has 1 unspecified atom stereocenters. The summed E-state index contributed by atoms with van der Waals surface area (Å²) in [5.41, 5.74) is 1.07. The van der Waals surface area contributed by atoms with Crippen molar-refractivity contribution < 1.29 is 0 Å².